The fourth-order valence-electron chi connectivity index (χ4n) is 1.47. The molecule has 1 aromatic heterocycles. The number of ether oxygens (including phenoxy) is 1. The minimum atomic E-state index is -0.335. The zero-order chi connectivity index (χ0) is 13.1. The Hall–Kier alpha value is -2.11. The first kappa shape index (κ1) is 12.3. The molecule has 0 bridgehead atoms. The van der Waals surface area contributed by atoms with Gasteiger partial charge in [0, 0.05) is 14.1 Å². The average molecular weight is 249 g/mol. The molecule has 96 valence electrons. The van der Waals surface area contributed by atoms with E-state index < -0.39 is 0 Å². The number of hydrogen-bond donors (Lipinski definition) is 2. The molecule has 1 aromatic rings. The van der Waals surface area contributed by atoms with Crippen LogP contribution in [0.5, 0.6) is 5.75 Å². The molecule has 18 heavy (non-hydrogen) atoms. The van der Waals surface area contributed by atoms with Crippen LogP contribution < -0.4 is 15.4 Å². The maximum absolute atomic E-state index is 11.7. The van der Waals surface area contributed by atoms with Gasteiger partial charge in [-0.3, -0.25) is 9.59 Å². The molecule has 0 spiro atoms. The average Bonchev–Trinajstić information content (AvgIpc) is 3.21. The third kappa shape index (κ3) is 2.58. The molecule has 2 N–H and O–H groups in total. The van der Waals surface area contributed by atoms with E-state index in [1.54, 1.807) is 0 Å². The second-order valence-electron chi connectivity index (χ2n) is 4.04. The van der Waals surface area contributed by atoms with E-state index in [9.17, 15) is 9.59 Å². The number of aromatic nitrogens is 1. The van der Waals surface area contributed by atoms with Gasteiger partial charge in [-0.25, -0.2) is 4.98 Å². The summed E-state index contributed by atoms with van der Waals surface area (Å²) in [7, 11) is 3.04. The lowest BCUT2D eigenvalue weighted by molar-refractivity contribution is 0.0957. The number of carbonyl (C=O) groups is 2. The molecule has 0 aromatic carbocycles. The molecule has 0 radical (unpaired) electrons. The Kier molecular flexibility index (Phi) is 3.45. The molecule has 0 atom stereocenters. The highest BCUT2D eigenvalue weighted by atomic mass is 16.5. The van der Waals surface area contributed by atoms with Crippen molar-refractivity contribution in [2.45, 2.75) is 18.9 Å². The number of carbonyl (C=O) groups excluding carboxylic acids is 2. The second-order valence-corrected chi connectivity index (χ2v) is 4.04. The van der Waals surface area contributed by atoms with Crippen LogP contribution in [0.4, 0.5) is 0 Å². The van der Waals surface area contributed by atoms with Crippen LogP contribution in [0.2, 0.25) is 0 Å². The number of nitrogens with zero attached hydrogens (tertiary/aromatic N) is 1. The largest absolute Gasteiger partial charge is 0.488 e. The Morgan fingerprint density at radius 3 is 2.50 bits per heavy atom. The van der Waals surface area contributed by atoms with Crippen molar-refractivity contribution in [2.75, 3.05) is 14.1 Å². The molecule has 1 aliphatic rings. The first-order chi connectivity index (χ1) is 8.65. The predicted octanol–water partition coefficient (Wildman–Crippen LogP) is 0.342. The van der Waals surface area contributed by atoms with Crippen molar-refractivity contribution < 1.29 is 14.3 Å². The van der Waals surface area contributed by atoms with Crippen molar-refractivity contribution in [3.05, 3.63) is 23.5 Å². The fraction of sp³-hybridized carbons (Fsp3) is 0.417. The zero-order valence-electron chi connectivity index (χ0n) is 10.3. The van der Waals surface area contributed by atoms with Gasteiger partial charge in [0.2, 0.25) is 0 Å². The lowest BCUT2D eigenvalue weighted by Gasteiger charge is -2.10. The highest BCUT2D eigenvalue weighted by molar-refractivity contribution is 6.00. The quantitative estimate of drug-likeness (QED) is 0.806. The van der Waals surface area contributed by atoms with E-state index in [0.29, 0.717) is 11.3 Å². The van der Waals surface area contributed by atoms with E-state index in [4.69, 9.17) is 4.74 Å². The van der Waals surface area contributed by atoms with Gasteiger partial charge in [0.1, 0.15) is 5.69 Å². The van der Waals surface area contributed by atoms with Crippen molar-refractivity contribution in [3.63, 3.8) is 0 Å². The van der Waals surface area contributed by atoms with Gasteiger partial charge < -0.3 is 15.4 Å². The maximum atomic E-state index is 11.7. The highest BCUT2D eigenvalue weighted by Gasteiger charge is 2.26. The van der Waals surface area contributed by atoms with Crippen LogP contribution in [0, 0.1) is 0 Å². The molecule has 1 heterocycles. The summed E-state index contributed by atoms with van der Waals surface area (Å²) in [5.74, 6) is -0.208. The van der Waals surface area contributed by atoms with Gasteiger partial charge in [-0.2, -0.15) is 0 Å². The molecule has 1 aliphatic carbocycles. The molecular formula is C12H15N3O3. The summed E-state index contributed by atoms with van der Waals surface area (Å²) in [4.78, 5) is 27.2. The first-order valence-electron chi connectivity index (χ1n) is 5.76. The Morgan fingerprint density at radius 1 is 1.28 bits per heavy atom. The lowest BCUT2D eigenvalue weighted by atomic mass is 10.2. The van der Waals surface area contributed by atoms with Crippen LogP contribution in [0.3, 0.4) is 0 Å². The molecule has 0 unspecified atom stereocenters. The summed E-state index contributed by atoms with van der Waals surface area (Å²) in [6.45, 7) is 0. The molecule has 1 fully saturated rings. The van der Waals surface area contributed by atoms with Crippen LogP contribution in [-0.4, -0.2) is 37.0 Å². The van der Waals surface area contributed by atoms with Crippen molar-refractivity contribution in [2.24, 2.45) is 0 Å². The standard InChI is InChI=1S/C12H15N3O3/c1-13-11(16)8-5-9(12(17)14-2)15-6-10(8)18-7-3-4-7/h5-7H,3-4H2,1-2H3,(H,13,16)(H,14,17). The molecule has 1 saturated carbocycles. The third-order valence-corrected chi connectivity index (χ3v) is 2.62. The molecule has 0 saturated heterocycles. The summed E-state index contributed by atoms with van der Waals surface area (Å²) >= 11 is 0. The summed E-state index contributed by atoms with van der Waals surface area (Å²) in [6.07, 6.45) is 3.57. The van der Waals surface area contributed by atoms with E-state index in [-0.39, 0.29) is 23.6 Å². The molecular weight excluding hydrogens is 234 g/mol. The minimum Gasteiger partial charge on any atom is -0.488 e. The van der Waals surface area contributed by atoms with E-state index in [2.05, 4.69) is 15.6 Å². The molecule has 6 heteroatoms. The van der Waals surface area contributed by atoms with Crippen LogP contribution in [0.1, 0.15) is 33.7 Å². The van der Waals surface area contributed by atoms with Crippen molar-refractivity contribution in [3.8, 4) is 5.75 Å². The first-order valence-corrected chi connectivity index (χ1v) is 5.76. The van der Waals surface area contributed by atoms with E-state index in [1.807, 2.05) is 0 Å². The van der Waals surface area contributed by atoms with Crippen molar-refractivity contribution in [1.82, 2.24) is 15.6 Å². The van der Waals surface area contributed by atoms with Gasteiger partial charge in [0.15, 0.2) is 5.75 Å². The molecule has 6 nitrogen and oxygen atoms in total. The summed E-state index contributed by atoms with van der Waals surface area (Å²) in [5, 5.41) is 4.99. The lowest BCUT2D eigenvalue weighted by Crippen LogP contribution is -2.23. The second kappa shape index (κ2) is 5.03. The van der Waals surface area contributed by atoms with Gasteiger partial charge in [-0.05, 0) is 18.9 Å². The van der Waals surface area contributed by atoms with Gasteiger partial charge in [-0.15, -0.1) is 0 Å². The third-order valence-electron chi connectivity index (χ3n) is 2.62. The molecule has 2 amide bonds. The number of pyridine rings is 1. The number of amides is 2. The number of rotatable bonds is 4. The van der Waals surface area contributed by atoms with Gasteiger partial charge >= 0.3 is 0 Å². The van der Waals surface area contributed by atoms with E-state index in [0.717, 1.165) is 12.8 Å². The fourth-order valence-corrected chi connectivity index (χ4v) is 1.47. The SMILES string of the molecule is CNC(=O)c1cc(C(=O)NC)c(OC2CC2)cn1. The Morgan fingerprint density at radius 2 is 1.94 bits per heavy atom. The van der Waals surface area contributed by atoms with Crippen LogP contribution in [-0.2, 0) is 0 Å². The Balaban J connectivity index is 2.33. The topological polar surface area (TPSA) is 80.3 Å². The normalized spacial score (nSPS) is 13.9. The number of nitrogens with one attached hydrogen (secondary N) is 2. The molecule has 0 aliphatic heterocycles. The zero-order valence-corrected chi connectivity index (χ0v) is 10.3. The highest BCUT2D eigenvalue weighted by Crippen LogP contribution is 2.29. The predicted molar refractivity (Wildman–Crippen MR) is 64.7 cm³/mol. The molecule has 2 rings (SSSR count). The van der Waals surface area contributed by atoms with Crippen LogP contribution in [0.25, 0.3) is 0 Å². The Labute approximate surface area is 105 Å². The van der Waals surface area contributed by atoms with Gasteiger partial charge in [-0.1, -0.05) is 0 Å². The van der Waals surface area contributed by atoms with Crippen molar-refractivity contribution in [1.29, 1.82) is 0 Å². The van der Waals surface area contributed by atoms with Crippen LogP contribution >= 0.6 is 0 Å². The Bertz CT molecular complexity index is 483. The van der Waals surface area contributed by atoms with E-state index >= 15 is 0 Å². The maximum Gasteiger partial charge on any atom is 0.269 e. The van der Waals surface area contributed by atoms with Crippen LogP contribution in [0.15, 0.2) is 12.3 Å². The van der Waals surface area contributed by atoms with Gasteiger partial charge in [0.05, 0.1) is 17.9 Å². The monoisotopic (exact) mass is 249 g/mol. The van der Waals surface area contributed by atoms with Gasteiger partial charge in [0.25, 0.3) is 11.8 Å². The summed E-state index contributed by atoms with van der Waals surface area (Å²) in [5.41, 5.74) is 0.525. The smallest absolute Gasteiger partial charge is 0.269 e. The van der Waals surface area contributed by atoms with E-state index in [1.165, 1.54) is 26.4 Å². The minimum absolute atomic E-state index is 0.168. The summed E-state index contributed by atoms with van der Waals surface area (Å²) < 4.78 is 5.59. The summed E-state index contributed by atoms with van der Waals surface area (Å²) in [6, 6.07) is 1.44. The van der Waals surface area contributed by atoms with Crippen molar-refractivity contribution >= 4 is 11.8 Å². The number of hydrogen-bond acceptors (Lipinski definition) is 4.